The van der Waals surface area contributed by atoms with Crippen LogP contribution in [-0.2, 0) is 0 Å². The molecule has 4 heteroatoms. The zero-order valence-corrected chi connectivity index (χ0v) is 10.2. The smallest absolute Gasteiger partial charge is 0.253 e. The summed E-state index contributed by atoms with van der Waals surface area (Å²) in [6, 6.07) is 2.27. The summed E-state index contributed by atoms with van der Waals surface area (Å²) >= 11 is 0. The van der Waals surface area contributed by atoms with E-state index in [1.165, 1.54) is 0 Å². The molecule has 0 aromatic carbocycles. The zero-order valence-electron chi connectivity index (χ0n) is 10.2. The molecule has 1 aromatic rings. The summed E-state index contributed by atoms with van der Waals surface area (Å²) < 4.78 is 0. The number of hydrogen-bond acceptors (Lipinski definition) is 3. The fourth-order valence-electron chi connectivity index (χ4n) is 1.32. The second kappa shape index (κ2) is 5.49. The first-order valence-corrected chi connectivity index (χ1v) is 5.51. The Labute approximate surface area is 96.5 Å². The van der Waals surface area contributed by atoms with Gasteiger partial charge in [-0.2, -0.15) is 0 Å². The van der Waals surface area contributed by atoms with Gasteiger partial charge in [-0.15, -0.1) is 0 Å². The van der Waals surface area contributed by atoms with Crippen LogP contribution < -0.4 is 10.6 Å². The van der Waals surface area contributed by atoms with E-state index in [4.69, 9.17) is 0 Å². The van der Waals surface area contributed by atoms with E-state index < -0.39 is 0 Å². The Kier molecular flexibility index (Phi) is 4.28. The van der Waals surface area contributed by atoms with Gasteiger partial charge >= 0.3 is 0 Å². The Bertz CT molecular complexity index is 361. The minimum atomic E-state index is -0.0880. The van der Waals surface area contributed by atoms with Crippen molar-refractivity contribution in [2.24, 2.45) is 0 Å². The predicted molar refractivity (Wildman–Crippen MR) is 65.6 cm³/mol. The van der Waals surface area contributed by atoms with Gasteiger partial charge in [0.15, 0.2) is 0 Å². The van der Waals surface area contributed by atoms with E-state index in [1.807, 2.05) is 33.8 Å². The third kappa shape index (κ3) is 3.88. The maximum atomic E-state index is 11.7. The average Bonchev–Trinajstić information content (AvgIpc) is 2.16. The molecule has 0 aliphatic heterocycles. The minimum absolute atomic E-state index is 0.0880. The van der Waals surface area contributed by atoms with Crippen LogP contribution in [0.15, 0.2) is 18.5 Å². The van der Waals surface area contributed by atoms with E-state index in [2.05, 4.69) is 15.6 Å². The number of aromatic nitrogens is 1. The lowest BCUT2D eigenvalue weighted by atomic mass is 10.2. The van der Waals surface area contributed by atoms with Crippen molar-refractivity contribution in [3.8, 4) is 0 Å². The number of nitrogens with zero attached hydrogens (tertiary/aromatic N) is 1. The molecule has 0 spiro atoms. The molecule has 0 aliphatic carbocycles. The number of hydrogen-bond donors (Lipinski definition) is 2. The molecular formula is C12H19N3O. The van der Waals surface area contributed by atoms with Crippen LogP contribution in [0.25, 0.3) is 0 Å². The van der Waals surface area contributed by atoms with Crippen molar-refractivity contribution in [1.82, 2.24) is 10.3 Å². The fraction of sp³-hybridized carbons (Fsp3) is 0.500. The average molecular weight is 221 g/mol. The van der Waals surface area contributed by atoms with Crippen LogP contribution >= 0.6 is 0 Å². The molecule has 88 valence electrons. The van der Waals surface area contributed by atoms with Gasteiger partial charge in [0, 0.05) is 24.5 Å². The van der Waals surface area contributed by atoms with Crippen LogP contribution in [0.4, 0.5) is 5.69 Å². The normalized spacial score (nSPS) is 10.6. The minimum Gasteiger partial charge on any atom is -0.382 e. The first-order valence-electron chi connectivity index (χ1n) is 5.51. The van der Waals surface area contributed by atoms with Gasteiger partial charge in [0.2, 0.25) is 0 Å². The maximum absolute atomic E-state index is 11.7. The molecule has 0 saturated heterocycles. The van der Waals surface area contributed by atoms with Crippen LogP contribution in [0.2, 0.25) is 0 Å². The van der Waals surface area contributed by atoms with Gasteiger partial charge in [-0.1, -0.05) is 0 Å². The molecule has 2 N–H and O–H groups in total. The van der Waals surface area contributed by atoms with Gasteiger partial charge in [-0.3, -0.25) is 9.78 Å². The monoisotopic (exact) mass is 221 g/mol. The quantitative estimate of drug-likeness (QED) is 0.818. The summed E-state index contributed by atoms with van der Waals surface area (Å²) in [6.45, 7) is 7.95. The third-order valence-corrected chi connectivity index (χ3v) is 1.88. The van der Waals surface area contributed by atoms with Crippen LogP contribution in [-0.4, -0.2) is 23.0 Å². The SMILES string of the molecule is CC(C)NC(=O)c1cncc(NC(C)C)c1. The van der Waals surface area contributed by atoms with Crippen LogP contribution in [0, 0.1) is 0 Å². The molecule has 1 rings (SSSR count). The molecule has 4 nitrogen and oxygen atoms in total. The Morgan fingerprint density at radius 3 is 2.44 bits per heavy atom. The fourth-order valence-corrected chi connectivity index (χ4v) is 1.32. The number of pyridine rings is 1. The highest BCUT2D eigenvalue weighted by Crippen LogP contribution is 2.09. The highest BCUT2D eigenvalue weighted by atomic mass is 16.1. The summed E-state index contributed by atoms with van der Waals surface area (Å²) in [7, 11) is 0. The van der Waals surface area contributed by atoms with E-state index in [9.17, 15) is 4.79 Å². The maximum Gasteiger partial charge on any atom is 0.253 e. The van der Waals surface area contributed by atoms with E-state index in [0.29, 0.717) is 11.6 Å². The van der Waals surface area contributed by atoms with Crippen molar-refractivity contribution in [3.05, 3.63) is 24.0 Å². The largest absolute Gasteiger partial charge is 0.382 e. The Morgan fingerprint density at radius 2 is 1.88 bits per heavy atom. The number of amides is 1. The molecule has 0 bridgehead atoms. The molecule has 1 aromatic heterocycles. The molecule has 1 amide bonds. The van der Waals surface area contributed by atoms with Gasteiger partial charge in [0.1, 0.15) is 0 Å². The molecule has 0 atom stereocenters. The first kappa shape index (κ1) is 12.5. The van der Waals surface area contributed by atoms with Crippen LogP contribution in [0.3, 0.4) is 0 Å². The van der Waals surface area contributed by atoms with Crippen LogP contribution in [0.5, 0.6) is 0 Å². The predicted octanol–water partition coefficient (Wildman–Crippen LogP) is 2.04. The number of nitrogens with one attached hydrogen (secondary N) is 2. The lowest BCUT2D eigenvalue weighted by molar-refractivity contribution is 0.0943. The molecule has 0 radical (unpaired) electrons. The molecule has 1 heterocycles. The second-order valence-electron chi connectivity index (χ2n) is 4.39. The summed E-state index contributed by atoms with van der Waals surface area (Å²) in [4.78, 5) is 15.8. The van der Waals surface area contributed by atoms with E-state index in [0.717, 1.165) is 5.69 Å². The number of anilines is 1. The Balaban J connectivity index is 2.77. The Hall–Kier alpha value is -1.58. The highest BCUT2D eigenvalue weighted by Gasteiger charge is 2.08. The van der Waals surface area contributed by atoms with Crippen molar-refractivity contribution in [1.29, 1.82) is 0 Å². The highest BCUT2D eigenvalue weighted by molar-refractivity contribution is 5.94. The topological polar surface area (TPSA) is 54.0 Å². The lowest BCUT2D eigenvalue weighted by Gasteiger charge is -2.11. The lowest BCUT2D eigenvalue weighted by Crippen LogP contribution is -2.30. The van der Waals surface area contributed by atoms with Gasteiger partial charge in [-0.25, -0.2) is 0 Å². The van der Waals surface area contributed by atoms with Crippen molar-refractivity contribution in [2.45, 2.75) is 39.8 Å². The Morgan fingerprint density at radius 1 is 1.19 bits per heavy atom. The number of carbonyl (C=O) groups is 1. The van der Waals surface area contributed by atoms with Crippen molar-refractivity contribution in [2.75, 3.05) is 5.32 Å². The van der Waals surface area contributed by atoms with Crippen LogP contribution in [0.1, 0.15) is 38.1 Å². The van der Waals surface area contributed by atoms with Gasteiger partial charge in [-0.05, 0) is 33.8 Å². The summed E-state index contributed by atoms with van der Waals surface area (Å²) in [5.74, 6) is -0.0880. The summed E-state index contributed by atoms with van der Waals surface area (Å²) in [5.41, 5.74) is 1.45. The summed E-state index contributed by atoms with van der Waals surface area (Å²) in [6.07, 6.45) is 3.29. The molecule has 0 saturated carbocycles. The second-order valence-corrected chi connectivity index (χ2v) is 4.39. The molecule has 16 heavy (non-hydrogen) atoms. The number of rotatable bonds is 4. The van der Waals surface area contributed by atoms with Gasteiger partial charge < -0.3 is 10.6 Å². The van der Waals surface area contributed by atoms with Crippen molar-refractivity contribution < 1.29 is 4.79 Å². The van der Waals surface area contributed by atoms with Gasteiger partial charge in [0.05, 0.1) is 11.3 Å². The van der Waals surface area contributed by atoms with Crippen molar-refractivity contribution in [3.63, 3.8) is 0 Å². The van der Waals surface area contributed by atoms with E-state index in [-0.39, 0.29) is 11.9 Å². The van der Waals surface area contributed by atoms with E-state index >= 15 is 0 Å². The molecule has 0 unspecified atom stereocenters. The molecule has 0 aliphatic rings. The number of carbonyl (C=O) groups excluding carboxylic acids is 1. The zero-order chi connectivity index (χ0) is 12.1. The molecule has 0 fully saturated rings. The van der Waals surface area contributed by atoms with E-state index in [1.54, 1.807) is 12.4 Å². The van der Waals surface area contributed by atoms with Gasteiger partial charge in [0.25, 0.3) is 5.91 Å². The first-order chi connectivity index (χ1) is 7.49. The standard InChI is InChI=1S/C12H19N3O/c1-8(2)14-11-5-10(6-13-7-11)12(16)15-9(3)4/h5-9,14H,1-4H3,(H,15,16). The summed E-state index contributed by atoms with van der Waals surface area (Å²) in [5, 5.41) is 6.04. The molecular weight excluding hydrogens is 202 g/mol. The third-order valence-electron chi connectivity index (χ3n) is 1.88. The van der Waals surface area contributed by atoms with Crippen molar-refractivity contribution >= 4 is 11.6 Å².